The number of hydrogen-bond donors (Lipinski definition) is 1. The minimum Gasteiger partial charge on any atom is -0.760 e. The summed E-state index contributed by atoms with van der Waals surface area (Å²) in [5, 5.41) is 8.55. The Morgan fingerprint density at radius 3 is 2.38 bits per heavy atom. The molecule has 0 radical (unpaired) electrons. The summed E-state index contributed by atoms with van der Waals surface area (Å²) in [4.78, 5) is 0. The van der Waals surface area contributed by atoms with E-state index in [0.717, 1.165) is 4.31 Å². The van der Waals surface area contributed by atoms with Crippen molar-refractivity contribution in [2.75, 3.05) is 13.1 Å². The number of aliphatic hydroxyl groups excluding tert-OH is 1. The van der Waals surface area contributed by atoms with Crippen LogP contribution in [0, 0.1) is 0 Å². The molecular weight excluding hydrogens is 130 g/mol. The molecule has 1 unspecified atom stereocenters. The Hall–Kier alpha value is 0.0300. The quantitative estimate of drug-likeness (QED) is 0.444. The third-order valence-electron chi connectivity index (χ3n) is 1.04. The van der Waals surface area contributed by atoms with E-state index < -0.39 is 17.4 Å². The molecule has 1 fully saturated rings. The standard InChI is InChI=1S/C3H7NO3S/c5-3-1-4(2-3)8(6)7/h3,5H,1-2H2,(H,6,7)/p-1. The Balaban J connectivity index is 2.25. The molecule has 1 heterocycles. The van der Waals surface area contributed by atoms with Crippen molar-refractivity contribution in [3.8, 4) is 0 Å². The van der Waals surface area contributed by atoms with Crippen LogP contribution in [0.1, 0.15) is 0 Å². The number of aliphatic hydroxyl groups is 1. The summed E-state index contributed by atoms with van der Waals surface area (Å²) < 4.78 is 21.0. The van der Waals surface area contributed by atoms with Crippen LogP contribution >= 0.6 is 0 Å². The molecule has 5 heteroatoms. The van der Waals surface area contributed by atoms with Crippen molar-refractivity contribution in [3.05, 3.63) is 0 Å². The first-order valence-electron chi connectivity index (χ1n) is 2.22. The molecule has 1 rings (SSSR count). The fourth-order valence-electron chi connectivity index (χ4n) is 0.538. The maximum atomic E-state index is 9.94. The molecule has 0 saturated carbocycles. The SMILES string of the molecule is O=S([O-])N1CC(O)C1. The molecule has 0 bridgehead atoms. The van der Waals surface area contributed by atoms with Crippen LogP contribution < -0.4 is 0 Å². The van der Waals surface area contributed by atoms with E-state index in [-0.39, 0.29) is 13.1 Å². The maximum absolute atomic E-state index is 9.94. The van der Waals surface area contributed by atoms with E-state index in [2.05, 4.69) is 0 Å². The highest BCUT2D eigenvalue weighted by Crippen LogP contribution is 2.07. The smallest absolute Gasteiger partial charge is 0.0813 e. The van der Waals surface area contributed by atoms with Crippen LogP contribution in [0.4, 0.5) is 0 Å². The van der Waals surface area contributed by atoms with E-state index in [1.54, 1.807) is 0 Å². The second-order valence-corrected chi connectivity index (χ2v) is 2.67. The third-order valence-corrected chi connectivity index (χ3v) is 1.76. The van der Waals surface area contributed by atoms with Gasteiger partial charge in [-0.25, -0.2) is 4.31 Å². The van der Waals surface area contributed by atoms with Gasteiger partial charge < -0.3 is 9.66 Å². The fourth-order valence-corrected chi connectivity index (χ4v) is 1.13. The zero-order valence-electron chi connectivity index (χ0n) is 4.11. The molecule has 1 N–H and O–H groups in total. The lowest BCUT2D eigenvalue weighted by Gasteiger charge is -2.36. The second kappa shape index (κ2) is 2.10. The summed E-state index contributed by atoms with van der Waals surface area (Å²) >= 11 is -2.12. The van der Waals surface area contributed by atoms with Crippen LogP contribution in [0.25, 0.3) is 0 Å². The molecule has 0 amide bonds. The van der Waals surface area contributed by atoms with Crippen LogP contribution in [0.5, 0.6) is 0 Å². The predicted molar refractivity (Wildman–Crippen MR) is 26.5 cm³/mol. The molecule has 0 spiro atoms. The molecule has 1 aliphatic heterocycles. The van der Waals surface area contributed by atoms with Crippen molar-refractivity contribution in [1.82, 2.24) is 4.31 Å². The van der Waals surface area contributed by atoms with Crippen molar-refractivity contribution in [2.45, 2.75) is 6.10 Å². The molecule has 1 saturated heterocycles. The van der Waals surface area contributed by atoms with Crippen molar-refractivity contribution >= 4 is 11.3 Å². The van der Waals surface area contributed by atoms with Gasteiger partial charge in [-0.15, -0.1) is 0 Å². The van der Waals surface area contributed by atoms with Gasteiger partial charge >= 0.3 is 0 Å². The lowest BCUT2D eigenvalue weighted by Crippen LogP contribution is -2.51. The summed E-state index contributed by atoms with van der Waals surface area (Å²) in [6, 6.07) is 0. The zero-order valence-corrected chi connectivity index (χ0v) is 4.93. The van der Waals surface area contributed by atoms with Gasteiger partial charge in [0, 0.05) is 24.4 Å². The van der Waals surface area contributed by atoms with Crippen LogP contribution in [0.2, 0.25) is 0 Å². The molecule has 0 aromatic heterocycles. The fraction of sp³-hybridized carbons (Fsp3) is 1.00. The number of nitrogens with zero attached hydrogens (tertiary/aromatic N) is 1. The van der Waals surface area contributed by atoms with Gasteiger partial charge in [0.1, 0.15) is 0 Å². The first-order valence-corrected chi connectivity index (χ1v) is 3.25. The van der Waals surface area contributed by atoms with Gasteiger partial charge in [0.2, 0.25) is 0 Å². The molecule has 0 aromatic carbocycles. The highest BCUT2D eigenvalue weighted by Gasteiger charge is 2.24. The largest absolute Gasteiger partial charge is 0.760 e. The van der Waals surface area contributed by atoms with Gasteiger partial charge in [-0.1, -0.05) is 0 Å². The second-order valence-electron chi connectivity index (χ2n) is 1.72. The number of hydrogen-bond acceptors (Lipinski definition) is 3. The van der Waals surface area contributed by atoms with E-state index in [9.17, 15) is 8.76 Å². The van der Waals surface area contributed by atoms with E-state index in [0.29, 0.717) is 0 Å². The summed E-state index contributed by atoms with van der Waals surface area (Å²) in [6.07, 6.45) is -0.437. The summed E-state index contributed by atoms with van der Waals surface area (Å²) in [5.74, 6) is 0. The van der Waals surface area contributed by atoms with Crippen molar-refractivity contribution in [1.29, 1.82) is 0 Å². The Morgan fingerprint density at radius 2 is 2.25 bits per heavy atom. The van der Waals surface area contributed by atoms with Gasteiger partial charge in [-0.2, -0.15) is 0 Å². The Morgan fingerprint density at radius 1 is 1.75 bits per heavy atom. The Labute approximate surface area is 49.5 Å². The normalized spacial score (nSPS) is 27.2. The van der Waals surface area contributed by atoms with Crippen LogP contribution in [0.15, 0.2) is 0 Å². The molecule has 0 aliphatic carbocycles. The monoisotopic (exact) mass is 136 g/mol. The minimum atomic E-state index is -2.12. The van der Waals surface area contributed by atoms with Gasteiger partial charge in [0.25, 0.3) is 0 Å². The maximum Gasteiger partial charge on any atom is 0.0813 e. The van der Waals surface area contributed by atoms with Crippen LogP contribution in [-0.4, -0.2) is 37.4 Å². The highest BCUT2D eigenvalue weighted by atomic mass is 32.2. The Kier molecular flexibility index (Phi) is 1.62. The predicted octanol–water partition coefficient (Wildman–Crippen LogP) is -1.54. The zero-order chi connectivity index (χ0) is 6.15. The van der Waals surface area contributed by atoms with Crippen molar-refractivity contribution < 1.29 is 13.9 Å². The topological polar surface area (TPSA) is 63.6 Å². The molecular formula is C3H6NO3S-. The number of β-amino-alcohol motifs (C(OH)–C–C–N with tert-alkyl or cyclic N) is 1. The number of rotatable bonds is 1. The van der Waals surface area contributed by atoms with Crippen molar-refractivity contribution in [3.63, 3.8) is 0 Å². The van der Waals surface area contributed by atoms with Crippen LogP contribution in [0.3, 0.4) is 0 Å². The van der Waals surface area contributed by atoms with E-state index in [1.807, 2.05) is 0 Å². The molecule has 48 valence electrons. The first kappa shape index (κ1) is 6.15. The molecule has 0 aromatic rings. The lowest BCUT2D eigenvalue weighted by atomic mass is 10.2. The van der Waals surface area contributed by atoms with Gasteiger partial charge in [0.15, 0.2) is 0 Å². The van der Waals surface area contributed by atoms with E-state index >= 15 is 0 Å². The van der Waals surface area contributed by atoms with Gasteiger partial charge in [0.05, 0.1) is 6.10 Å². The highest BCUT2D eigenvalue weighted by molar-refractivity contribution is 7.76. The average molecular weight is 136 g/mol. The Bertz CT molecular complexity index is 111. The summed E-state index contributed by atoms with van der Waals surface area (Å²) in [5.41, 5.74) is 0. The molecule has 8 heavy (non-hydrogen) atoms. The molecule has 1 aliphatic rings. The summed E-state index contributed by atoms with van der Waals surface area (Å²) in [7, 11) is 0. The summed E-state index contributed by atoms with van der Waals surface area (Å²) in [6.45, 7) is 0.520. The average Bonchev–Trinajstić information content (AvgIpc) is 1.57. The lowest BCUT2D eigenvalue weighted by molar-refractivity contribution is 0.0534. The van der Waals surface area contributed by atoms with Crippen molar-refractivity contribution in [2.24, 2.45) is 0 Å². The first-order chi connectivity index (χ1) is 3.70. The minimum absolute atomic E-state index is 0.260. The molecule has 1 atom stereocenters. The van der Waals surface area contributed by atoms with Crippen LogP contribution in [-0.2, 0) is 11.3 Å². The van der Waals surface area contributed by atoms with Gasteiger partial charge in [-0.05, 0) is 0 Å². The van der Waals surface area contributed by atoms with E-state index in [4.69, 9.17) is 5.11 Å². The third kappa shape index (κ3) is 1.05. The van der Waals surface area contributed by atoms with Gasteiger partial charge in [-0.3, -0.25) is 4.21 Å². The molecule has 4 nitrogen and oxygen atoms in total. The van der Waals surface area contributed by atoms with E-state index in [1.165, 1.54) is 0 Å².